The van der Waals surface area contributed by atoms with Crippen molar-refractivity contribution >= 4 is 46.2 Å². The quantitative estimate of drug-likeness (QED) is 0.703. The molecule has 5 nitrogen and oxygen atoms in total. The van der Waals surface area contributed by atoms with Crippen LogP contribution in [0.15, 0.2) is 36.4 Å². The SMILES string of the molecule is COc1ccc(N2CCN(C(=S)NCc3ccc(Cl)c(Cl)c3)CC2)c(OC)c1. The van der Waals surface area contributed by atoms with Crippen molar-refractivity contribution in [2.45, 2.75) is 6.54 Å². The van der Waals surface area contributed by atoms with Crippen molar-refractivity contribution in [2.24, 2.45) is 0 Å². The number of nitrogens with zero attached hydrogens (tertiary/aromatic N) is 2. The molecule has 0 aromatic heterocycles. The Morgan fingerprint density at radius 1 is 1.00 bits per heavy atom. The Kier molecular flexibility index (Phi) is 7.10. The molecule has 0 saturated carbocycles. The van der Waals surface area contributed by atoms with E-state index in [2.05, 4.69) is 15.1 Å². The lowest BCUT2D eigenvalue weighted by atomic mass is 10.2. The molecule has 28 heavy (non-hydrogen) atoms. The normalized spacial score (nSPS) is 14.0. The Bertz CT molecular complexity index is 842. The van der Waals surface area contributed by atoms with Crippen molar-refractivity contribution < 1.29 is 9.47 Å². The number of hydrogen-bond donors (Lipinski definition) is 1. The molecule has 3 rings (SSSR count). The van der Waals surface area contributed by atoms with Gasteiger partial charge in [0.1, 0.15) is 11.5 Å². The molecular weight excluding hydrogens is 417 g/mol. The lowest BCUT2D eigenvalue weighted by Crippen LogP contribution is -2.51. The molecule has 8 heteroatoms. The molecule has 150 valence electrons. The van der Waals surface area contributed by atoms with E-state index in [4.69, 9.17) is 44.9 Å². The number of thiocarbonyl (C=S) groups is 1. The molecule has 1 heterocycles. The average Bonchev–Trinajstić information content (AvgIpc) is 2.74. The van der Waals surface area contributed by atoms with Crippen molar-refractivity contribution in [3.05, 3.63) is 52.0 Å². The lowest BCUT2D eigenvalue weighted by molar-refractivity contribution is 0.371. The highest BCUT2D eigenvalue weighted by molar-refractivity contribution is 7.80. The van der Waals surface area contributed by atoms with E-state index in [1.54, 1.807) is 20.3 Å². The number of benzene rings is 2. The standard InChI is InChI=1S/C20H23Cl2N3O2S/c1-26-15-4-6-18(19(12-15)27-2)24-7-9-25(10-8-24)20(28)23-13-14-3-5-16(21)17(22)11-14/h3-6,11-12H,7-10,13H2,1-2H3,(H,23,28). The van der Waals surface area contributed by atoms with E-state index in [0.717, 1.165) is 54.0 Å². The van der Waals surface area contributed by atoms with Crippen LogP contribution in [0, 0.1) is 0 Å². The zero-order valence-corrected chi connectivity index (χ0v) is 18.2. The maximum atomic E-state index is 6.07. The van der Waals surface area contributed by atoms with Crippen LogP contribution in [-0.2, 0) is 6.54 Å². The van der Waals surface area contributed by atoms with Gasteiger partial charge in [0.2, 0.25) is 0 Å². The average molecular weight is 440 g/mol. The smallest absolute Gasteiger partial charge is 0.169 e. The van der Waals surface area contributed by atoms with Gasteiger partial charge in [-0.05, 0) is 42.0 Å². The molecule has 1 aliphatic rings. The number of piperazine rings is 1. The summed E-state index contributed by atoms with van der Waals surface area (Å²) in [5.41, 5.74) is 2.11. The van der Waals surface area contributed by atoms with Crippen LogP contribution in [0.3, 0.4) is 0 Å². The Morgan fingerprint density at radius 3 is 2.39 bits per heavy atom. The molecule has 0 aliphatic carbocycles. The van der Waals surface area contributed by atoms with Crippen molar-refractivity contribution in [2.75, 3.05) is 45.3 Å². The summed E-state index contributed by atoms with van der Waals surface area (Å²) in [7, 11) is 3.33. The maximum Gasteiger partial charge on any atom is 0.169 e. The van der Waals surface area contributed by atoms with E-state index in [9.17, 15) is 0 Å². The van der Waals surface area contributed by atoms with Crippen molar-refractivity contribution in [3.8, 4) is 11.5 Å². The minimum atomic E-state index is 0.550. The molecule has 2 aromatic carbocycles. The van der Waals surface area contributed by atoms with Gasteiger partial charge in [0, 0.05) is 38.8 Å². The summed E-state index contributed by atoms with van der Waals surface area (Å²) < 4.78 is 10.8. The molecule has 0 bridgehead atoms. The van der Waals surface area contributed by atoms with E-state index < -0.39 is 0 Å². The minimum Gasteiger partial charge on any atom is -0.497 e. The number of anilines is 1. The van der Waals surface area contributed by atoms with Crippen LogP contribution < -0.4 is 19.7 Å². The first-order valence-electron chi connectivity index (χ1n) is 8.95. The topological polar surface area (TPSA) is 37.0 Å². The molecule has 0 atom stereocenters. The van der Waals surface area contributed by atoms with Gasteiger partial charge in [-0.1, -0.05) is 29.3 Å². The monoisotopic (exact) mass is 439 g/mol. The summed E-state index contributed by atoms with van der Waals surface area (Å²) in [6, 6.07) is 11.5. The van der Waals surface area contributed by atoms with Gasteiger partial charge in [0.15, 0.2) is 5.11 Å². The highest BCUT2D eigenvalue weighted by Gasteiger charge is 2.21. The van der Waals surface area contributed by atoms with Crippen LogP contribution in [0.25, 0.3) is 0 Å². The Hall–Kier alpha value is -1.89. The summed E-state index contributed by atoms with van der Waals surface area (Å²) in [6.45, 7) is 4.00. The van der Waals surface area contributed by atoms with Crippen LogP contribution in [-0.4, -0.2) is 50.4 Å². The first kappa shape index (κ1) is 20.8. The molecule has 1 saturated heterocycles. The molecule has 1 fully saturated rings. The Morgan fingerprint density at radius 2 is 1.75 bits per heavy atom. The van der Waals surface area contributed by atoms with Crippen LogP contribution in [0.1, 0.15) is 5.56 Å². The maximum absolute atomic E-state index is 6.07. The van der Waals surface area contributed by atoms with E-state index >= 15 is 0 Å². The minimum absolute atomic E-state index is 0.550. The molecule has 1 aliphatic heterocycles. The van der Waals surface area contributed by atoms with Crippen molar-refractivity contribution in [1.29, 1.82) is 0 Å². The lowest BCUT2D eigenvalue weighted by Gasteiger charge is -2.38. The van der Waals surface area contributed by atoms with Gasteiger partial charge in [-0.25, -0.2) is 0 Å². The molecule has 0 radical (unpaired) electrons. The van der Waals surface area contributed by atoms with Crippen LogP contribution in [0.2, 0.25) is 10.0 Å². The molecule has 0 spiro atoms. The molecular formula is C20H23Cl2N3O2S. The van der Waals surface area contributed by atoms with Crippen LogP contribution in [0.5, 0.6) is 11.5 Å². The Labute approximate surface area is 181 Å². The van der Waals surface area contributed by atoms with Crippen LogP contribution in [0.4, 0.5) is 5.69 Å². The van der Waals surface area contributed by atoms with Gasteiger partial charge < -0.3 is 24.6 Å². The van der Waals surface area contributed by atoms with Gasteiger partial charge in [-0.3, -0.25) is 0 Å². The highest BCUT2D eigenvalue weighted by atomic mass is 35.5. The highest BCUT2D eigenvalue weighted by Crippen LogP contribution is 2.32. The fraction of sp³-hybridized carbons (Fsp3) is 0.350. The van der Waals surface area contributed by atoms with Gasteiger partial charge >= 0.3 is 0 Å². The summed E-state index contributed by atoms with van der Waals surface area (Å²) in [5.74, 6) is 1.60. The molecule has 0 unspecified atom stereocenters. The second kappa shape index (κ2) is 9.54. The number of nitrogens with one attached hydrogen (secondary N) is 1. The van der Waals surface area contributed by atoms with E-state index in [0.29, 0.717) is 16.6 Å². The number of rotatable bonds is 5. The van der Waals surface area contributed by atoms with Crippen molar-refractivity contribution in [3.63, 3.8) is 0 Å². The summed E-state index contributed by atoms with van der Waals surface area (Å²) in [5, 5.41) is 5.15. The number of halogens is 2. The Balaban J connectivity index is 1.54. The molecule has 2 aromatic rings. The van der Waals surface area contributed by atoms with E-state index in [1.807, 2.05) is 30.3 Å². The number of hydrogen-bond acceptors (Lipinski definition) is 4. The largest absolute Gasteiger partial charge is 0.497 e. The molecule has 1 N–H and O–H groups in total. The third kappa shape index (κ3) is 4.93. The second-order valence-corrected chi connectivity index (χ2v) is 7.62. The molecule has 0 amide bonds. The van der Waals surface area contributed by atoms with Gasteiger partial charge in [-0.15, -0.1) is 0 Å². The third-order valence-corrected chi connectivity index (χ3v) is 5.86. The first-order valence-corrected chi connectivity index (χ1v) is 10.1. The van der Waals surface area contributed by atoms with Crippen molar-refractivity contribution in [1.82, 2.24) is 10.2 Å². The number of methoxy groups -OCH3 is 2. The predicted octanol–water partition coefficient (Wildman–Crippen LogP) is 4.21. The fourth-order valence-corrected chi connectivity index (χ4v) is 3.71. The number of ether oxygens (including phenoxy) is 2. The van der Waals surface area contributed by atoms with E-state index in [-0.39, 0.29) is 0 Å². The summed E-state index contributed by atoms with van der Waals surface area (Å²) >= 11 is 17.6. The zero-order valence-electron chi connectivity index (χ0n) is 15.9. The fourth-order valence-electron chi connectivity index (χ4n) is 3.14. The zero-order chi connectivity index (χ0) is 20.1. The van der Waals surface area contributed by atoms with Gasteiger partial charge in [0.05, 0.1) is 30.0 Å². The summed E-state index contributed by atoms with van der Waals surface area (Å²) in [6.07, 6.45) is 0. The van der Waals surface area contributed by atoms with Crippen LogP contribution >= 0.6 is 35.4 Å². The second-order valence-electron chi connectivity index (χ2n) is 6.42. The van der Waals surface area contributed by atoms with Gasteiger partial charge in [-0.2, -0.15) is 0 Å². The van der Waals surface area contributed by atoms with Gasteiger partial charge in [0.25, 0.3) is 0 Å². The third-order valence-electron chi connectivity index (χ3n) is 4.72. The first-order chi connectivity index (χ1) is 13.5. The summed E-state index contributed by atoms with van der Waals surface area (Å²) in [4.78, 5) is 4.48. The predicted molar refractivity (Wildman–Crippen MR) is 119 cm³/mol. The van der Waals surface area contributed by atoms with E-state index in [1.165, 1.54) is 0 Å².